The lowest BCUT2D eigenvalue weighted by Gasteiger charge is -2.22. The number of amides is 1. The first-order valence-electron chi connectivity index (χ1n) is 9.49. The molecule has 1 amide bonds. The lowest BCUT2D eigenvalue weighted by atomic mass is 10.0. The van der Waals surface area contributed by atoms with Gasteiger partial charge >= 0.3 is 0 Å². The summed E-state index contributed by atoms with van der Waals surface area (Å²) in [6, 6.07) is 17.1. The number of anilines is 2. The molecule has 5 nitrogen and oxygen atoms in total. The minimum Gasteiger partial charge on any atom is -0.372 e. The number of aryl methyl sites for hydroxylation is 1. The largest absolute Gasteiger partial charge is 0.372 e. The second-order valence-corrected chi connectivity index (χ2v) is 6.59. The number of pyridine rings is 1. The van der Waals surface area contributed by atoms with Crippen molar-refractivity contribution in [3.63, 3.8) is 0 Å². The fourth-order valence-corrected chi connectivity index (χ4v) is 3.32. The van der Waals surface area contributed by atoms with Crippen molar-refractivity contribution in [1.29, 1.82) is 0 Å². The number of nitrogens with one attached hydrogen (secondary N) is 2. The average molecular weight is 375 g/mol. The van der Waals surface area contributed by atoms with Gasteiger partial charge in [0, 0.05) is 36.2 Å². The first kappa shape index (κ1) is 19.4. The van der Waals surface area contributed by atoms with Crippen LogP contribution in [0.2, 0.25) is 0 Å². The van der Waals surface area contributed by atoms with E-state index in [4.69, 9.17) is 0 Å². The molecule has 1 heterocycles. The topological polar surface area (TPSA) is 65.2 Å². The molecule has 0 bridgehead atoms. The van der Waals surface area contributed by atoms with Gasteiger partial charge in [-0.1, -0.05) is 30.3 Å². The third-order valence-corrected chi connectivity index (χ3v) is 4.86. The average Bonchev–Trinajstić information content (AvgIpc) is 2.71. The molecule has 3 aromatic rings. The van der Waals surface area contributed by atoms with Gasteiger partial charge in [0.25, 0.3) is 11.5 Å². The summed E-state index contributed by atoms with van der Waals surface area (Å²) in [5.41, 5.74) is 3.90. The molecule has 0 radical (unpaired) electrons. The number of hydrogen-bond donors (Lipinski definition) is 2. The van der Waals surface area contributed by atoms with Gasteiger partial charge in [0.05, 0.1) is 0 Å². The molecule has 0 saturated carbocycles. The summed E-state index contributed by atoms with van der Waals surface area (Å²) < 4.78 is 0. The molecule has 0 aliphatic carbocycles. The summed E-state index contributed by atoms with van der Waals surface area (Å²) in [6.45, 7) is 8.02. The Kier molecular flexibility index (Phi) is 5.94. The molecule has 3 rings (SSSR count). The second-order valence-electron chi connectivity index (χ2n) is 6.59. The van der Waals surface area contributed by atoms with Crippen molar-refractivity contribution < 1.29 is 4.79 Å². The van der Waals surface area contributed by atoms with Gasteiger partial charge in [-0.25, -0.2) is 0 Å². The molecule has 0 atom stereocenters. The fraction of sp³-hybridized carbons (Fsp3) is 0.217. The Morgan fingerprint density at radius 1 is 1.04 bits per heavy atom. The van der Waals surface area contributed by atoms with E-state index in [0.29, 0.717) is 11.3 Å². The van der Waals surface area contributed by atoms with Gasteiger partial charge in [-0.15, -0.1) is 0 Å². The first-order valence-corrected chi connectivity index (χ1v) is 9.49. The zero-order valence-corrected chi connectivity index (χ0v) is 16.5. The molecular weight excluding hydrogens is 350 g/mol. The minimum atomic E-state index is -0.417. The number of carbonyl (C=O) groups excluding carboxylic acids is 1. The zero-order valence-electron chi connectivity index (χ0n) is 16.5. The number of aromatic nitrogens is 1. The molecule has 2 N–H and O–H groups in total. The number of carbonyl (C=O) groups is 1. The smallest absolute Gasteiger partial charge is 0.261 e. The van der Waals surface area contributed by atoms with Gasteiger partial charge in [-0.05, 0) is 56.2 Å². The third kappa shape index (κ3) is 3.98. The Morgan fingerprint density at radius 2 is 1.75 bits per heavy atom. The molecule has 0 fully saturated rings. The molecule has 0 saturated heterocycles. The number of aromatic amines is 1. The van der Waals surface area contributed by atoms with Crippen molar-refractivity contribution in [3.05, 3.63) is 82.3 Å². The first-order chi connectivity index (χ1) is 13.5. The van der Waals surface area contributed by atoms with Crippen LogP contribution in [0.25, 0.3) is 11.1 Å². The van der Waals surface area contributed by atoms with Crippen LogP contribution < -0.4 is 15.8 Å². The molecule has 1 aromatic heterocycles. The van der Waals surface area contributed by atoms with E-state index in [0.717, 1.165) is 29.9 Å². The van der Waals surface area contributed by atoms with Crippen LogP contribution in [0.5, 0.6) is 0 Å². The van der Waals surface area contributed by atoms with Gasteiger partial charge in [0.2, 0.25) is 0 Å². The molecule has 5 heteroatoms. The van der Waals surface area contributed by atoms with E-state index in [-0.39, 0.29) is 5.56 Å². The van der Waals surface area contributed by atoms with Crippen LogP contribution in [-0.4, -0.2) is 24.0 Å². The maximum atomic E-state index is 13.0. The minimum absolute atomic E-state index is 0.112. The van der Waals surface area contributed by atoms with Gasteiger partial charge in [-0.3, -0.25) is 9.59 Å². The summed E-state index contributed by atoms with van der Waals surface area (Å²) in [5, 5.41) is 2.90. The van der Waals surface area contributed by atoms with Gasteiger partial charge in [-0.2, -0.15) is 0 Å². The lowest BCUT2D eigenvalue weighted by Crippen LogP contribution is -2.25. The zero-order chi connectivity index (χ0) is 20.1. The molecule has 0 aliphatic heterocycles. The Balaban J connectivity index is 1.94. The summed E-state index contributed by atoms with van der Waals surface area (Å²) in [4.78, 5) is 30.3. The number of benzene rings is 2. The summed E-state index contributed by atoms with van der Waals surface area (Å²) >= 11 is 0. The highest BCUT2D eigenvalue weighted by Crippen LogP contribution is 2.25. The van der Waals surface area contributed by atoms with Crippen LogP contribution in [0, 0.1) is 6.92 Å². The number of hydrogen-bond acceptors (Lipinski definition) is 3. The van der Waals surface area contributed by atoms with Gasteiger partial charge in [0.15, 0.2) is 0 Å². The maximum absolute atomic E-state index is 13.0. The van der Waals surface area contributed by atoms with E-state index in [1.54, 1.807) is 12.3 Å². The predicted octanol–water partition coefficient (Wildman–Crippen LogP) is 4.45. The summed E-state index contributed by atoms with van der Waals surface area (Å²) in [7, 11) is 0. The SMILES string of the molecule is CCN(CC)c1ccc(NC(=O)c2c(-c3ccccc3)cc[nH]c2=O)c(C)c1. The second kappa shape index (κ2) is 8.57. The van der Waals surface area contributed by atoms with E-state index < -0.39 is 11.5 Å². The Labute approximate surface area is 165 Å². The molecular formula is C23H25N3O2. The van der Waals surface area contributed by atoms with E-state index in [2.05, 4.69) is 35.1 Å². The van der Waals surface area contributed by atoms with Crippen LogP contribution in [0.4, 0.5) is 11.4 Å². The van der Waals surface area contributed by atoms with Crippen molar-refractivity contribution in [1.82, 2.24) is 4.98 Å². The number of rotatable bonds is 6. The van der Waals surface area contributed by atoms with Crippen LogP contribution >= 0.6 is 0 Å². The van der Waals surface area contributed by atoms with Crippen molar-refractivity contribution in [2.45, 2.75) is 20.8 Å². The lowest BCUT2D eigenvalue weighted by molar-refractivity contribution is 0.102. The maximum Gasteiger partial charge on any atom is 0.261 e. The van der Waals surface area contributed by atoms with Crippen LogP contribution in [-0.2, 0) is 0 Å². The van der Waals surface area contributed by atoms with E-state index in [1.807, 2.05) is 49.4 Å². The summed E-state index contributed by atoms with van der Waals surface area (Å²) in [5.74, 6) is -0.417. The standard InChI is InChI=1S/C23H25N3O2/c1-4-26(5-2)18-11-12-20(16(3)15-18)25-23(28)21-19(13-14-24-22(21)27)17-9-7-6-8-10-17/h6-15H,4-5H2,1-3H3,(H,24,27)(H,25,28). The number of H-pyrrole nitrogens is 1. The highest BCUT2D eigenvalue weighted by atomic mass is 16.2. The van der Waals surface area contributed by atoms with Crippen LogP contribution in [0.15, 0.2) is 65.6 Å². The van der Waals surface area contributed by atoms with Crippen molar-refractivity contribution in [3.8, 4) is 11.1 Å². The number of nitrogens with zero attached hydrogens (tertiary/aromatic N) is 1. The quantitative estimate of drug-likeness (QED) is 0.669. The van der Waals surface area contributed by atoms with Gasteiger partial charge in [0.1, 0.15) is 5.56 Å². The monoisotopic (exact) mass is 375 g/mol. The van der Waals surface area contributed by atoms with Crippen LogP contribution in [0.3, 0.4) is 0 Å². The molecule has 0 unspecified atom stereocenters. The van der Waals surface area contributed by atoms with Crippen molar-refractivity contribution in [2.75, 3.05) is 23.3 Å². The predicted molar refractivity (Wildman–Crippen MR) is 115 cm³/mol. The normalized spacial score (nSPS) is 10.5. The van der Waals surface area contributed by atoms with E-state index in [1.165, 1.54) is 0 Å². The Bertz CT molecular complexity index is 1020. The van der Waals surface area contributed by atoms with Crippen molar-refractivity contribution >= 4 is 17.3 Å². The molecule has 2 aromatic carbocycles. The highest BCUT2D eigenvalue weighted by molar-refractivity contribution is 6.08. The Morgan fingerprint density at radius 3 is 2.39 bits per heavy atom. The molecule has 0 aliphatic rings. The molecule has 28 heavy (non-hydrogen) atoms. The fourth-order valence-electron chi connectivity index (χ4n) is 3.32. The highest BCUT2D eigenvalue weighted by Gasteiger charge is 2.18. The Hall–Kier alpha value is -3.34. The molecule has 0 spiro atoms. The third-order valence-electron chi connectivity index (χ3n) is 4.86. The van der Waals surface area contributed by atoms with Crippen molar-refractivity contribution in [2.24, 2.45) is 0 Å². The van der Waals surface area contributed by atoms with E-state index in [9.17, 15) is 9.59 Å². The van der Waals surface area contributed by atoms with Gasteiger partial charge < -0.3 is 15.2 Å². The van der Waals surface area contributed by atoms with Crippen LogP contribution in [0.1, 0.15) is 29.8 Å². The molecule has 144 valence electrons. The van der Waals surface area contributed by atoms with E-state index >= 15 is 0 Å². The summed E-state index contributed by atoms with van der Waals surface area (Å²) in [6.07, 6.45) is 1.56.